The highest BCUT2D eigenvalue weighted by Crippen LogP contribution is 2.40. The van der Waals surface area contributed by atoms with Gasteiger partial charge in [-0.3, -0.25) is 19.8 Å². The molecule has 0 unspecified atom stereocenters. The van der Waals surface area contributed by atoms with E-state index in [0.717, 1.165) is 19.3 Å². The van der Waals surface area contributed by atoms with Crippen LogP contribution in [0, 0.1) is 10.8 Å². The van der Waals surface area contributed by atoms with Gasteiger partial charge >= 0.3 is 0 Å². The number of likely N-dealkylation sites (tertiary alicyclic amines) is 1. The summed E-state index contributed by atoms with van der Waals surface area (Å²) in [5.74, 6) is 0.251. The van der Waals surface area contributed by atoms with E-state index in [1.165, 1.54) is 6.92 Å². The van der Waals surface area contributed by atoms with Crippen molar-refractivity contribution in [1.82, 2.24) is 20.2 Å². The topological polar surface area (TPSA) is 137 Å². The molecule has 0 spiro atoms. The average Bonchev–Trinajstić information content (AvgIpc) is 3.35. The van der Waals surface area contributed by atoms with Gasteiger partial charge in [-0.15, -0.1) is 0 Å². The predicted octanol–water partition coefficient (Wildman–Crippen LogP) is 2.72. The van der Waals surface area contributed by atoms with Crippen molar-refractivity contribution in [3.63, 3.8) is 0 Å². The molecule has 10 nitrogen and oxygen atoms in total. The van der Waals surface area contributed by atoms with Crippen molar-refractivity contribution in [2.45, 2.75) is 65.1 Å². The van der Waals surface area contributed by atoms with Crippen LogP contribution in [0.1, 0.15) is 57.8 Å². The minimum atomic E-state index is -0.469. The summed E-state index contributed by atoms with van der Waals surface area (Å²) in [5.41, 5.74) is 0.857. The number of nitrogens with one attached hydrogen (secondary N) is 3. The molecule has 1 saturated heterocycles. The number of ether oxygens (including phenoxy) is 1. The first-order valence-corrected chi connectivity index (χ1v) is 12.6. The van der Waals surface area contributed by atoms with Gasteiger partial charge in [0.05, 0.1) is 6.54 Å². The van der Waals surface area contributed by atoms with Crippen molar-refractivity contribution in [1.29, 1.82) is 5.41 Å². The lowest BCUT2D eigenvalue weighted by Gasteiger charge is -2.43. The van der Waals surface area contributed by atoms with E-state index in [2.05, 4.69) is 34.4 Å². The third kappa shape index (κ3) is 6.49. The van der Waals surface area contributed by atoms with Gasteiger partial charge < -0.3 is 20.3 Å². The maximum absolute atomic E-state index is 13.1. The second kappa shape index (κ2) is 11.1. The minimum Gasteiger partial charge on any atom is -0.486 e. The first-order valence-electron chi connectivity index (χ1n) is 12.6. The second-order valence-corrected chi connectivity index (χ2v) is 10.5. The van der Waals surface area contributed by atoms with E-state index in [-0.39, 0.29) is 42.1 Å². The van der Waals surface area contributed by atoms with E-state index in [1.807, 2.05) is 0 Å². The van der Waals surface area contributed by atoms with Crippen LogP contribution >= 0.6 is 0 Å². The Kier molecular flexibility index (Phi) is 7.85. The molecule has 2 aliphatic rings. The highest BCUT2D eigenvalue weighted by Gasteiger charge is 2.40. The zero-order valence-corrected chi connectivity index (χ0v) is 21.5. The maximum atomic E-state index is 13.1. The second-order valence-electron chi connectivity index (χ2n) is 10.5. The molecule has 1 atom stereocenters. The summed E-state index contributed by atoms with van der Waals surface area (Å²) in [6.45, 7) is 6.29. The number of carbonyl (C=O) groups excluding carboxylic acids is 3. The summed E-state index contributed by atoms with van der Waals surface area (Å²) in [4.78, 5) is 47.8. The Bertz CT molecular complexity index is 1170. The summed E-state index contributed by atoms with van der Waals surface area (Å²) in [7, 11) is 0. The molecule has 3 N–H and O–H groups in total. The molecule has 1 aromatic heterocycles. The van der Waals surface area contributed by atoms with Crippen LogP contribution in [-0.2, 0) is 21.0 Å². The van der Waals surface area contributed by atoms with Crippen LogP contribution in [0.3, 0.4) is 0 Å². The van der Waals surface area contributed by atoms with Gasteiger partial charge in [-0.1, -0.05) is 13.8 Å². The lowest BCUT2D eigenvalue weighted by molar-refractivity contribution is -0.138. The third-order valence-electron chi connectivity index (χ3n) is 6.85. The molecule has 196 valence electrons. The maximum Gasteiger partial charge on any atom is 0.243 e. The van der Waals surface area contributed by atoms with Gasteiger partial charge in [0.1, 0.15) is 24.1 Å². The Hall–Kier alpha value is -3.82. The van der Waals surface area contributed by atoms with Gasteiger partial charge in [0.15, 0.2) is 11.6 Å². The number of anilines is 1. The Balaban J connectivity index is 1.39. The van der Waals surface area contributed by atoms with Crippen molar-refractivity contribution in [3.05, 3.63) is 48.0 Å². The lowest BCUT2D eigenvalue weighted by atomic mass is 9.68. The van der Waals surface area contributed by atoms with Gasteiger partial charge in [-0.05, 0) is 55.4 Å². The van der Waals surface area contributed by atoms with Crippen molar-refractivity contribution >= 4 is 29.0 Å². The molecule has 2 fully saturated rings. The fourth-order valence-corrected chi connectivity index (χ4v) is 5.00. The molecule has 0 bridgehead atoms. The first-order chi connectivity index (χ1) is 17.6. The van der Waals surface area contributed by atoms with Gasteiger partial charge in [-0.2, -0.15) is 0 Å². The SMILES string of the molecule is CC(=O)C(=N)c1cc(OCc2ncccn2)ccc1NCC(=O)N1CCC[C@H]1C(=O)NC1CC(C)(C)C1. The number of Topliss-reactive ketones (excluding diaryl/α,β-unsaturated/α-hetero) is 1. The standard InChI is InChI=1S/C27H34N6O4/c1-17(34)25(28)20-12-19(37-16-23-29-9-5-10-30-23)7-8-21(20)31-15-24(35)33-11-4-6-22(33)26(36)32-18-13-27(2,3)14-18/h5,7-10,12,18,22,28,31H,4,6,11,13-16H2,1-3H3,(H,32,36)/t22-/m0/s1. The minimum absolute atomic E-state index is 0.0590. The monoisotopic (exact) mass is 506 g/mol. The predicted molar refractivity (Wildman–Crippen MR) is 138 cm³/mol. The Labute approximate surface area is 216 Å². The van der Waals surface area contributed by atoms with Crippen molar-refractivity contribution < 1.29 is 19.1 Å². The third-order valence-corrected chi connectivity index (χ3v) is 6.85. The molecule has 1 aromatic carbocycles. The van der Waals surface area contributed by atoms with Crippen LogP contribution in [0.4, 0.5) is 5.69 Å². The normalized spacial score (nSPS) is 18.6. The molecule has 37 heavy (non-hydrogen) atoms. The highest BCUT2D eigenvalue weighted by molar-refractivity contribution is 6.45. The van der Waals surface area contributed by atoms with Gasteiger partial charge in [0.25, 0.3) is 0 Å². The zero-order chi connectivity index (χ0) is 26.6. The molecule has 0 radical (unpaired) electrons. The largest absolute Gasteiger partial charge is 0.486 e. The van der Waals surface area contributed by atoms with E-state index < -0.39 is 11.8 Å². The molecule has 4 rings (SSSR count). The molecule has 2 aromatic rings. The number of nitrogens with zero attached hydrogens (tertiary/aromatic N) is 3. The molecule has 2 heterocycles. The number of carbonyl (C=O) groups is 3. The van der Waals surface area contributed by atoms with Crippen LogP contribution in [0.15, 0.2) is 36.7 Å². The van der Waals surface area contributed by atoms with Crippen LogP contribution in [0.25, 0.3) is 0 Å². The number of hydrogen-bond acceptors (Lipinski definition) is 8. The summed E-state index contributed by atoms with van der Waals surface area (Å²) in [5, 5.41) is 14.4. The van der Waals surface area contributed by atoms with Crippen LogP contribution in [0.5, 0.6) is 5.75 Å². The van der Waals surface area contributed by atoms with E-state index in [9.17, 15) is 14.4 Å². The molecule has 1 aliphatic heterocycles. The fourth-order valence-electron chi connectivity index (χ4n) is 5.00. The molecule has 1 saturated carbocycles. The van der Waals surface area contributed by atoms with Crippen LogP contribution in [-0.4, -0.2) is 63.4 Å². The molecule has 2 amide bonds. The average molecular weight is 507 g/mol. The molecule has 1 aliphatic carbocycles. The Morgan fingerprint density at radius 2 is 1.92 bits per heavy atom. The number of benzene rings is 1. The first kappa shape index (κ1) is 26.2. The summed E-state index contributed by atoms with van der Waals surface area (Å²) >= 11 is 0. The van der Waals surface area contributed by atoms with E-state index in [4.69, 9.17) is 10.1 Å². The van der Waals surface area contributed by atoms with E-state index in [1.54, 1.807) is 41.6 Å². The zero-order valence-electron chi connectivity index (χ0n) is 21.5. The molecular formula is C27H34N6O4. The van der Waals surface area contributed by atoms with Crippen LogP contribution in [0.2, 0.25) is 0 Å². The summed E-state index contributed by atoms with van der Waals surface area (Å²) < 4.78 is 5.74. The lowest BCUT2D eigenvalue weighted by Crippen LogP contribution is -2.54. The fraction of sp³-hybridized carbons (Fsp3) is 0.481. The smallest absolute Gasteiger partial charge is 0.243 e. The number of rotatable bonds is 10. The quantitative estimate of drug-likeness (QED) is 0.421. The van der Waals surface area contributed by atoms with Crippen molar-refractivity contribution in [2.75, 3.05) is 18.4 Å². The molecular weight excluding hydrogens is 472 g/mol. The number of aromatic nitrogens is 2. The van der Waals surface area contributed by atoms with Crippen molar-refractivity contribution in [3.8, 4) is 5.75 Å². The van der Waals surface area contributed by atoms with Crippen LogP contribution < -0.4 is 15.4 Å². The van der Waals surface area contributed by atoms with E-state index in [0.29, 0.717) is 35.8 Å². The van der Waals surface area contributed by atoms with Gasteiger partial charge in [-0.25, -0.2) is 9.97 Å². The Morgan fingerprint density at radius 3 is 2.59 bits per heavy atom. The summed E-state index contributed by atoms with van der Waals surface area (Å²) in [6, 6.07) is 6.37. The number of ketones is 1. The number of amides is 2. The van der Waals surface area contributed by atoms with Gasteiger partial charge in [0, 0.05) is 43.2 Å². The Morgan fingerprint density at radius 1 is 1.19 bits per heavy atom. The van der Waals surface area contributed by atoms with Gasteiger partial charge in [0.2, 0.25) is 11.8 Å². The number of hydrogen-bond donors (Lipinski definition) is 3. The van der Waals surface area contributed by atoms with Crippen molar-refractivity contribution in [2.24, 2.45) is 5.41 Å². The van der Waals surface area contributed by atoms with E-state index >= 15 is 0 Å². The summed E-state index contributed by atoms with van der Waals surface area (Å²) in [6.07, 6.45) is 6.56. The molecule has 10 heteroatoms. The highest BCUT2D eigenvalue weighted by atomic mass is 16.5.